The highest BCUT2D eigenvalue weighted by Crippen LogP contribution is 2.37. The average Bonchev–Trinajstić information content (AvgIpc) is 2.47. The van der Waals surface area contributed by atoms with Crippen molar-refractivity contribution >= 4 is 0 Å². The minimum absolute atomic E-state index is 0.728. The van der Waals surface area contributed by atoms with Crippen LogP contribution in [0.2, 0.25) is 0 Å². The average molecular weight is 251 g/mol. The van der Waals surface area contributed by atoms with E-state index in [-0.39, 0.29) is 0 Å². The summed E-state index contributed by atoms with van der Waals surface area (Å²) in [4.78, 5) is 0. The predicted molar refractivity (Wildman–Crippen MR) is 78.5 cm³/mol. The number of hydrogen-bond donors (Lipinski definition) is 0. The zero-order valence-electron chi connectivity index (χ0n) is 11.7. The Balaban J connectivity index is 1.95. The molecule has 0 radical (unpaired) electrons. The molecule has 2 rings (SSSR count). The zero-order valence-corrected chi connectivity index (χ0v) is 11.7. The van der Waals surface area contributed by atoms with E-state index in [0.717, 1.165) is 17.4 Å². The van der Waals surface area contributed by atoms with Crippen LogP contribution in [0.1, 0.15) is 62.5 Å². The fraction of sp³-hybridized carbons (Fsp3) is 0.500. The Hall–Kier alpha value is -1.73. The van der Waals surface area contributed by atoms with E-state index in [9.17, 15) is 0 Å². The minimum atomic E-state index is 0.728. The van der Waals surface area contributed by atoms with Crippen molar-refractivity contribution in [2.45, 2.75) is 51.4 Å². The smallest absolute Gasteiger partial charge is 0.152 e. The number of nitriles is 1. The van der Waals surface area contributed by atoms with Crippen LogP contribution in [0.15, 0.2) is 24.3 Å². The van der Waals surface area contributed by atoms with Gasteiger partial charge in [0, 0.05) is 11.5 Å². The van der Waals surface area contributed by atoms with Gasteiger partial charge in [0.1, 0.15) is 0 Å². The van der Waals surface area contributed by atoms with E-state index in [2.05, 4.69) is 30.9 Å². The number of benzene rings is 1. The Kier molecular flexibility index (Phi) is 5.05. The number of rotatable bonds is 3. The summed E-state index contributed by atoms with van der Waals surface area (Å²) in [5.74, 6) is 6.96. The molecule has 0 N–H and O–H groups in total. The van der Waals surface area contributed by atoms with Crippen LogP contribution in [-0.4, -0.2) is 0 Å². The van der Waals surface area contributed by atoms with Crippen LogP contribution in [0.4, 0.5) is 0 Å². The maximum atomic E-state index is 8.43. The third-order valence-electron chi connectivity index (χ3n) is 4.19. The summed E-state index contributed by atoms with van der Waals surface area (Å²) >= 11 is 0. The van der Waals surface area contributed by atoms with Gasteiger partial charge in [-0.1, -0.05) is 37.8 Å². The topological polar surface area (TPSA) is 23.8 Å². The first-order valence-corrected chi connectivity index (χ1v) is 7.33. The highest BCUT2D eigenvalue weighted by molar-refractivity contribution is 5.39. The van der Waals surface area contributed by atoms with Crippen LogP contribution in [0.5, 0.6) is 0 Å². The number of hydrogen-bond acceptors (Lipinski definition) is 1. The molecule has 0 unspecified atom stereocenters. The summed E-state index contributed by atoms with van der Waals surface area (Å²) in [6.45, 7) is 2.28. The molecule has 0 amide bonds. The van der Waals surface area contributed by atoms with Crippen molar-refractivity contribution in [1.82, 2.24) is 0 Å². The third kappa shape index (κ3) is 3.87. The second-order valence-corrected chi connectivity index (χ2v) is 5.49. The lowest BCUT2D eigenvalue weighted by molar-refractivity contribution is 0.308. The molecule has 0 heterocycles. The highest BCUT2D eigenvalue weighted by Gasteiger charge is 2.21. The summed E-state index contributed by atoms with van der Waals surface area (Å²) in [6.07, 6.45) is 8.14. The van der Waals surface area contributed by atoms with Gasteiger partial charge >= 0.3 is 0 Å². The first kappa shape index (κ1) is 13.7. The molecule has 1 aromatic rings. The quantitative estimate of drug-likeness (QED) is 0.718. The molecule has 1 saturated carbocycles. The van der Waals surface area contributed by atoms with Gasteiger partial charge in [0.25, 0.3) is 0 Å². The zero-order chi connectivity index (χ0) is 13.5. The normalized spacial score (nSPS) is 22.1. The van der Waals surface area contributed by atoms with Crippen LogP contribution in [-0.2, 0) is 0 Å². The molecule has 0 saturated heterocycles. The Labute approximate surface area is 116 Å². The molecule has 1 aliphatic rings. The lowest BCUT2D eigenvalue weighted by Gasteiger charge is -2.28. The Morgan fingerprint density at radius 1 is 1.11 bits per heavy atom. The van der Waals surface area contributed by atoms with Crippen LogP contribution in [0, 0.1) is 29.1 Å². The molecule has 0 aliphatic heterocycles. The molecule has 98 valence electrons. The second kappa shape index (κ2) is 7.01. The van der Waals surface area contributed by atoms with Crippen molar-refractivity contribution in [3.63, 3.8) is 0 Å². The van der Waals surface area contributed by atoms with Crippen LogP contribution in [0.25, 0.3) is 0 Å². The van der Waals surface area contributed by atoms with Gasteiger partial charge in [-0.2, -0.15) is 5.26 Å². The summed E-state index contributed by atoms with van der Waals surface area (Å²) in [7, 11) is 0. The largest absolute Gasteiger partial charge is 0.183 e. The van der Waals surface area contributed by atoms with Gasteiger partial charge in [-0.05, 0) is 55.2 Å². The predicted octanol–water partition coefficient (Wildman–Crippen LogP) is 4.64. The van der Waals surface area contributed by atoms with Gasteiger partial charge < -0.3 is 0 Å². The first-order valence-electron chi connectivity index (χ1n) is 7.33. The standard InChI is InChI=1S/C18H21N/c1-2-4-15-6-10-17(11-7-15)18-12-8-16(9-13-18)5-3-14-19/h8-9,12-13,15,17H,2,4,6-7,10-11H2,1H3. The van der Waals surface area contributed by atoms with Gasteiger partial charge in [0.15, 0.2) is 6.07 Å². The van der Waals surface area contributed by atoms with E-state index < -0.39 is 0 Å². The van der Waals surface area contributed by atoms with Crippen molar-refractivity contribution in [3.8, 4) is 17.9 Å². The fourth-order valence-corrected chi connectivity index (χ4v) is 3.13. The van der Waals surface area contributed by atoms with E-state index in [0.29, 0.717) is 0 Å². The van der Waals surface area contributed by atoms with Crippen LogP contribution < -0.4 is 0 Å². The molecular weight excluding hydrogens is 230 g/mol. The molecule has 1 heteroatoms. The molecule has 1 aliphatic carbocycles. The van der Waals surface area contributed by atoms with Crippen LogP contribution in [0.3, 0.4) is 0 Å². The van der Waals surface area contributed by atoms with E-state index >= 15 is 0 Å². The maximum Gasteiger partial charge on any atom is 0.152 e. The lowest BCUT2D eigenvalue weighted by atomic mass is 9.77. The first-order chi connectivity index (χ1) is 9.33. The summed E-state index contributed by atoms with van der Waals surface area (Å²) in [5, 5.41) is 8.43. The van der Waals surface area contributed by atoms with E-state index in [4.69, 9.17) is 5.26 Å². The maximum absolute atomic E-state index is 8.43. The van der Waals surface area contributed by atoms with Crippen LogP contribution >= 0.6 is 0 Å². The van der Waals surface area contributed by atoms with Gasteiger partial charge in [0.2, 0.25) is 0 Å². The molecule has 1 fully saturated rings. The van der Waals surface area contributed by atoms with E-state index in [1.54, 1.807) is 0 Å². The molecule has 1 aromatic carbocycles. The van der Waals surface area contributed by atoms with Gasteiger partial charge in [0.05, 0.1) is 0 Å². The molecule has 0 atom stereocenters. The Morgan fingerprint density at radius 2 is 1.79 bits per heavy atom. The van der Waals surface area contributed by atoms with Crippen molar-refractivity contribution in [2.75, 3.05) is 0 Å². The summed E-state index contributed by atoms with van der Waals surface area (Å²) in [6, 6.07) is 10.3. The molecule has 0 aromatic heterocycles. The van der Waals surface area contributed by atoms with E-state index in [1.165, 1.54) is 44.1 Å². The van der Waals surface area contributed by atoms with Crippen molar-refractivity contribution < 1.29 is 0 Å². The third-order valence-corrected chi connectivity index (χ3v) is 4.19. The lowest BCUT2D eigenvalue weighted by Crippen LogP contribution is -2.13. The van der Waals surface area contributed by atoms with Crippen molar-refractivity contribution in [1.29, 1.82) is 5.26 Å². The summed E-state index contributed by atoms with van der Waals surface area (Å²) in [5.41, 5.74) is 2.38. The minimum Gasteiger partial charge on any atom is -0.183 e. The highest BCUT2D eigenvalue weighted by atomic mass is 14.3. The van der Waals surface area contributed by atoms with Gasteiger partial charge in [-0.3, -0.25) is 0 Å². The molecular formula is C18H21N. The van der Waals surface area contributed by atoms with Crippen molar-refractivity contribution in [2.24, 2.45) is 5.92 Å². The molecule has 0 spiro atoms. The fourth-order valence-electron chi connectivity index (χ4n) is 3.13. The monoisotopic (exact) mass is 251 g/mol. The summed E-state index contributed by atoms with van der Waals surface area (Å²) < 4.78 is 0. The van der Waals surface area contributed by atoms with Crippen molar-refractivity contribution in [3.05, 3.63) is 35.4 Å². The van der Waals surface area contributed by atoms with Gasteiger partial charge in [-0.25, -0.2) is 0 Å². The second-order valence-electron chi connectivity index (χ2n) is 5.49. The van der Waals surface area contributed by atoms with Gasteiger partial charge in [-0.15, -0.1) is 0 Å². The number of nitrogens with zero attached hydrogens (tertiary/aromatic N) is 1. The molecule has 19 heavy (non-hydrogen) atoms. The van der Waals surface area contributed by atoms with E-state index in [1.807, 2.05) is 18.2 Å². The molecule has 0 bridgehead atoms. The SMILES string of the molecule is CCCC1CCC(c2ccc(C#CC#N)cc2)CC1. The molecule has 1 nitrogen and oxygen atoms in total. The Bertz CT molecular complexity index is 487. The Morgan fingerprint density at radius 3 is 2.37 bits per heavy atom.